The third kappa shape index (κ3) is 5.14. The highest BCUT2D eigenvalue weighted by Crippen LogP contribution is 2.56. The molecule has 5 heteroatoms. The summed E-state index contributed by atoms with van der Waals surface area (Å²) in [6, 6.07) is 80.3. The van der Waals surface area contributed by atoms with E-state index in [1.807, 2.05) is 0 Å². The molecule has 3 heterocycles. The predicted octanol–water partition coefficient (Wildman–Crippen LogP) is 13.8. The number of para-hydroxylation sites is 3. The maximum absolute atomic E-state index is 5.50. The summed E-state index contributed by atoms with van der Waals surface area (Å²) in [4.78, 5) is 16.4. The van der Waals surface area contributed by atoms with Crippen LogP contribution >= 0.6 is 0 Å². The maximum atomic E-state index is 5.50. The molecular weight excluding hydrogens is 767 g/mol. The zero-order valence-electron chi connectivity index (χ0n) is 34.1. The first-order chi connectivity index (χ1) is 31.3. The molecule has 0 aliphatic heterocycles. The van der Waals surface area contributed by atoms with Crippen molar-refractivity contribution in [3.05, 3.63) is 247 Å². The summed E-state index contributed by atoms with van der Waals surface area (Å²) < 4.78 is 4.42. The first kappa shape index (κ1) is 35.4. The number of aromatic nitrogens is 5. The molecule has 9 aromatic carbocycles. The Balaban J connectivity index is 1.11. The van der Waals surface area contributed by atoms with E-state index in [1.165, 1.54) is 27.8 Å². The highest BCUT2D eigenvalue weighted by atomic mass is 15.3. The van der Waals surface area contributed by atoms with Crippen LogP contribution in [0.15, 0.2) is 224 Å². The monoisotopic (exact) mass is 803 g/mol. The van der Waals surface area contributed by atoms with Gasteiger partial charge < -0.3 is 0 Å². The molecule has 0 saturated carbocycles. The van der Waals surface area contributed by atoms with Crippen LogP contribution in [0.5, 0.6) is 0 Å². The second-order valence-corrected chi connectivity index (χ2v) is 16.3. The number of benzene rings is 9. The molecule has 0 amide bonds. The minimum Gasteiger partial charge on any atom is -0.278 e. The second-order valence-electron chi connectivity index (χ2n) is 16.3. The number of rotatable bonds is 6. The minimum absolute atomic E-state index is 0.549. The van der Waals surface area contributed by atoms with Gasteiger partial charge in [0.05, 0.1) is 27.5 Å². The smallest absolute Gasteiger partial charge is 0.240 e. The molecule has 1 aliphatic rings. The summed E-state index contributed by atoms with van der Waals surface area (Å²) >= 11 is 0. The van der Waals surface area contributed by atoms with Crippen molar-refractivity contribution in [2.75, 3.05) is 0 Å². The molecule has 0 N–H and O–H groups in total. The van der Waals surface area contributed by atoms with Gasteiger partial charge in [-0.3, -0.25) is 9.13 Å². The summed E-state index contributed by atoms with van der Waals surface area (Å²) in [5.74, 6) is 1.69. The van der Waals surface area contributed by atoms with Crippen LogP contribution in [-0.4, -0.2) is 24.1 Å². The topological polar surface area (TPSA) is 48.5 Å². The molecule has 63 heavy (non-hydrogen) atoms. The average molecular weight is 804 g/mol. The van der Waals surface area contributed by atoms with E-state index in [2.05, 4.69) is 234 Å². The molecule has 12 aromatic rings. The number of hydrogen-bond donors (Lipinski definition) is 0. The molecule has 0 radical (unpaired) electrons. The third-order valence-electron chi connectivity index (χ3n) is 13.1. The Kier molecular flexibility index (Phi) is 7.75. The number of hydrogen-bond acceptors (Lipinski definition) is 3. The van der Waals surface area contributed by atoms with Gasteiger partial charge in [0.2, 0.25) is 11.9 Å². The van der Waals surface area contributed by atoms with E-state index in [0.717, 1.165) is 65.9 Å². The molecule has 3 aromatic heterocycles. The van der Waals surface area contributed by atoms with E-state index in [-0.39, 0.29) is 0 Å². The highest BCUT2D eigenvalue weighted by molar-refractivity contribution is 6.15. The van der Waals surface area contributed by atoms with Gasteiger partial charge in [0, 0.05) is 27.1 Å². The van der Waals surface area contributed by atoms with E-state index in [4.69, 9.17) is 15.0 Å². The normalized spacial score (nSPS) is 12.9. The van der Waals surface area contributed by atoms with Crippen molar-refractivity contribution in [1.82, 2.24) is 24.1 Å². The van der Waals surface area contributed by atoms with Crippen LogP contribution in [0.3, 0.4) is 0 Å². The van der Waals surface area contributed by atoms with E-state index in [1.54, 1.807) is 0 Å². The number of fused-ring (bicyclic) bond motifs is 9. The van der Waals surface area contributed by atoms with Crippen molar-refractivity contribution >= 4 is 43.6 Å². The average Bonchev–Trinajstić information content (AvgIpc) is 3.99. The third-order valence-corrected chi connectivity index (χ3v) is 13.1. The summed E-state index contributed by atoms with van der Waals surface area (Å²) in [6.45, 7) is 0. The van der Waals surface area contributed by atoms with Crippen LogP contribution in [0.1, 0.15) is 22.3 Å². The molecule has 0 saturated heterocycles. The van der Waals surface area contributed by atoms with Crippen molar-refractivity contribution in [1.29, 1.82) is 0 Å². The second kappa shape index (κ2) is 13.8. The quantitative estimate of drug-likeness (QED) is 0.168. The van der Waals surface area contributed by atoms with Crippen molar-refractivity contribution in [3.63, 3.8) is 0 Å². The van der Waals surface area contributed by atoms with E-state index >= 15 is 0 Å². The Morgan fingerprint density at radius 3 is 1.41 bits per heavy atom. The first-order valence-corrected chi connectivity index (χ1v) is 21.5. The molecule has 13 rings (SSSR count). The Hall–Kier alpha value is -8.41. The van der Waals surface area contributed by atoms with Crippen LogP contribution < -0.4 is 0 Å². The van der Waals surface area contributed by atoms with Crippen LogP contribution in [-0.2, 0) is 5.41 Å². The maximum Gasteiger partial charge on any atom is 0.240 e. The fourth-order valence-corrected chi connectivity index (χ4v) is 10.5. The Morgan fingerprint density at radius 2 is 0.762 bits per heavy atom. The predicted molar refractivity (Wildman–Crippen MR) is 257 cm³/mol. The van der Waals surface area contributed by atoms with E-state index < -0.39 is 5.41 Å². The first-order valence-electron chi connectivity index (χ1n) is 21.5. The van der Waals surface area contributed by atoms with Gasteiger partial charge in [-0.2, -0.15) is 15.0 Å². The molecule has 0 bridgehead atoms. The lowest BCUT2D eigenvalue weighted by atomic mass is 9.67. The Bertz CT molecular complexity index is 3650. The fourth-order valence-electron chi connectivity index (χ4n) is 10.5. The molecule has 0 unspecified atom stereocenters. The van der Waals surface area contributed by atoms with Crippen LogP contribution in [0.25, 0.3) is 89.2 Å². The SMILES string of the molecule is c1ccc(-c2cccc3c2c2ccccc2n3-c2nc(-c3cccc(C4(c5ccccc5)c5ccccc5-c5ccccc54)c3)nc(-n3c4ccccc4c4ccccc43)n2)cc1. The van der Waals surface area contributed by atoms with Crippen molar-refractivity contribution in [3.8, 4) is 45.5 Å². The van der Waals surface area contributed by atoms with Crippen molar-refractivity contribution < 1.29 is 0 Å². The van der Waals surface area contributed by atoms with Crippen molar-refractivity contribution in [2.45, 2.75) is 5.41 Å². The van der Waals surface area contributed by atoms with Crippen LogP contribution in [0, 0.1) is 0 Å². The van der Waals surface area contributed by atoms with Gasteiger partial charge >= 0.3 is 0 Å². The summed E-state index contributed by atoms with van der Waals surface area (Å²) in [5, 5.41) is 4.58. The molecule has 1 aliphatic carbocycles. The lowest BCUT2D eigenvalue weighted by molar-refractivity contribution is 0.768. The lowest BCUT2D eigenvalue weighted by Crippen LogP contribution is -2.28. The molecule has 0 atom stereocenters. The van der Waals surface area contributed by atoms with Crippen LogP contribution in [0.4, 0.5) is 0 Å². The Labute approximate surface area is 363 Å². The van der Waals surface area contributed by atoms with Gasteiger partial charge in [0.1, 0.15) is 0 Å². The van der Waals surface area contributed by atoms with Gasteiger partial charge in [0.15, 0.2) is 5.82 Å². The van der Waals surface area contributed by atoms with Gasteiger partial charge in [-0.15, -0.1) is 0 Å². The fraction of sp³-hybridized carbons (Fsp3) is 0.0172. The standard InChI is InChI=1S/C58H37N5/c1-3-19-38(20-4-1)42-30-18-36-53-54(42)47-29-11-16-35-52(47)63(53)57-60-55(59-56(61-57)62-50-33-14-9-27-45(50)46-28-10-15-34-51(46)62)39-21-17-24-41(37-39)58(40-22-5-2-6-23-40)48-31-12-7-25-43(48)44-26-8-13-32-49(44)58/h1-37H. The largest absolute Gasteiger partial charge is 0.278 e. The summed E-state index contributed by atoms with van der Waals surface area (Å²) in [7, 11) is 0. The van der Waals surface area contributed by atoms with E-state index in [0.29, 0.717) is 17.7 Å². The Morgan fingerprint density at radius 1 is 0.317 bits per heavy atom. The summed E-state index contributed by atoms with van der Waals surface area (Å²) in [6.07, 6.45) is 0. The van der Waals surface area contributed by atoms with Gasteiger partial charge in [-0.25, -0.2) is 0 Å². The van der Waals surface area contributed by atoms with Crippen molar-refractivity contribution in [2.24, 2.45) is 0 Å². The molecule has 0 spiro atoms. The van der Waals surface area contributed by atoms with Gasteiger partial charge in [-0.1, -0.05) is 194 Å². The van der Waals surface area contributed by atoms with Crippen LogP contribution in [0.2, 0.25) is 0 Å². The molecular formula is C58H37N5. The van der Waals surface area contributed by atoms with Gasteiger partial charge in [0.25, 0.3) is 0 Å². The van der Waals surface area contributed by atoms with Gasteiger partial charge in [-0.05, 0) is 74.8 Å². The number of nitrogens with zero attached hydrogens (tertiary/aromatic N) is 5. The zero-order valence-corrected chi connectivity index (χ0v) is 34.1. The zero-order chi connectivity index (χ0) is 41.5. The minimum atomic E-state index is -0.573. The summed E-state index contributed by atoms with van der Waals surface area (Å²) in [5.41, 5.74) is 14.1. The molecule has 5 nitrogen and oxygen atoms in total. The molecule has 0 fully saturated rings. The molecule has 294 valence electrons. The highest BCUT2D eigenvalue weighted by Gasteiger charge is 2.46. The van der Waals surface area contributed by atoms with E-state index in [9.17, 15) is 0 Å². The lowest BCUT2D eigenvalue weighted by Gasteiger charge is -2.34.